The predicted molar refractivity (Wildman–Crippen MR) is 99.6 cm³/mol. The Morgan fingerprint density at radius 1 is 1.26 bits per heavy atom. The monoisotopic (exact) mass is 368 g/mol. The van der Waals surface area contributed by atoms with Crippen molar-refractivity contribution in [2.45, 2.75) is 38.5 Å². The van der Waals surface area contributed by atoms with Gasteiger partial charge in [0.2, 0.25) is 5.91 Å². The van der Waals surface area contributed by atoms with Gasteiger partial charge in [-0.1, -0.05) is 6.92 Å². The zero-order valence-corrected chi connectivity index (χ0v) is 16.2. The van der Waals surface area contributed by atoms with Crippen LogP contribution >= 0.6 is 0 Å². The number of anilines is 1. The van der Waals surface area contributed by atoms with Crippen molar-refractivity contribution in [2.24, 2.45) is 7.05 Å². The molecule has 0 aliphatic carbocycles. The first-order valence-corrected chi connectivity index (χ1v) is 9.22. The molecular weight excluding hydrogens is 344 g/mol. The molecule has 8 heteroatoms. The zero-order valence-electron chi connectivity index (χ0n) is 16.2. The molecule has 0 N–H and O–H groups in total. The van der Waals surface area contributed by atoms with E-state index in [4.69, 9.17) is 9.97 Å². The predicted octanol–water partition coefficient (Wildman–Crippen LogP) is 1.23. The molecule has 0 spiro atoms. The van der Waals surface area contributed by atoms with Gasteiger partial charge in [-0.2, -0.15) is 5.10 Å². The van der Waals surface area contributed by atoms with E-state index in [2.05, 4.69) is 12.0 Å². The summed E-state index contributed by atoms with van der Waals surface area (Å²) in [6.45, 7) is 5.27. The van der Waals surface area contributed by atoms with Gasteiger partial charge in [-0.15, -0.1) is 0 Å². The van der Waals surface area contributed by atoms with Gasteiger partial charge in [-0.3, -0.25) is 19.2 Å². The van der Waals surface area contributed by atoms with Crippen LogP contribution in [0.4, 0.5) is 5.82 Å². The Kier molecular flexibility index (Phi) is 4.01. The van der Waals surface area contributed by atoms with Gasteiger partial charge in [0.25, 0.3) is 5.91 Å². The van der Waals surface area contributed by atoms with Gasteiger partial charge in [0.05, 0.1) is 6.42 Å². The van der Waals surface area contributed by atoms with Crippen LogP contribution in [-0.2, 0) is 23.7 Å². The van der Waals surface area contributed by atoms with Crippen LogP contribution in [0.2, 0.25) is 0 Å². The van der Waals surface area contributed by atoms with Crippen LogP contribution in [0.1, 0.15) is 47.3 Å². The lowest BCUT2D eigenvalue weighted by Gasteiger charge is -2.39. The van der Waals surface area contributed by atoms with Crippen molar-refractivity contribution in [1.82, 2.24) is 24.6 Å². The number of likely N-dealkylation sites (N-methyl/N-ethyl adjacent to an activating group) is 1. The number of carbonyl (C=O) groups excluding carboxylic acids is 2. The molecule has 2 aromatic rings. The highest BCUT2D eigenvalue weighted by Crippen LogP contribution is 2.36. The second-order valence-corrected chi connectivity index (χ2v) is 7.83. The molecule has 142 valence electrons. The van der Waals surface area contributed by atoms with E-state index in [1.54, 1.807) is 35.9 Å². The molecule has 2 aliphatic rings. The number of nitrogens with zero attached hydrogens (tertiary/aromatic N) is 6. The van der Waals surface area contributed by atoms with Gasteiger partial charge < -0.3 is 4.90 Å². The Morgan fingerprint density at radius 2 is 2.04 bits per heavy atom. The summed E-state index contributed by atoms with van der Waals surface area (Å²) >= 11 is 0. The smallest absolute Gasteiger partial charge is 0.274 e. The largest absolute Gasteiger partial charge is 0.336 e. The summed E-state index contributed by atoms with van der Waals surface area (Å²) in [4.78, 5) is 37.8. The maximum Gasteiger partial charge on any atom is 0.274 e. The number of carbonyl (C=O) groups is 2. The number of aromatic nitrogens is 4. The van der Waals surface area contributed by atoms with Crippen molar-refractivity contribution in [1.29, 1.82) is 0 Å². The molecule has 0 bridgehead atoms. The van der Waals surface area contributed by atoms with Crippen LogP contribution in [-0.4, -0.2) is 56.6 Å². The SMILES string of the molecule is Cc1nc([C@@]2(C)CCCN(C(=O)c3ccn(C)n3)C2)nc2c1CC(=O)N2C. The highest BCUT2D eigenvalue weighted by molar-refractivity contribution is 6.00. The summed E-state index contributed by atoms with van der Waals surface area (Å²) in [6.07, 6.45) is 3.91. The lowest BCUT2D eigenvalue weighted by Crippen LogP contribution is -2.48. The fourth-order valence-corrected chi connectivity index (χ4v) is 4.01. The maximum absolute atomic E-state index is 12.8. The second kappa shape index (κ2) is 6.14. The van der Waals surface area contributed by atoms with Crippen molar-refractivity contribution >= 4 is 17.6 Å². The second-order valence-electron chi connectivity index (χ2n) is 7.83. The van der Waals surface area contributed by atoms with Crippen LogP contribution in [0, 0.1) is 6.92 Å². The number of aryl methyl sites for hydroxylation is 2. The summed E-state index contributed by atoms with van der Waals surface area (Å²) in [6, 6.07) is 1.74. The quantitative estimate of drug-likeness (QED) is 0.796. The topological polar surface area (TPSA) is 84.2 Å². The van der Waals surface area contributed by atoms with Gasteiger partial charge in [0.15, 0.2) is 0 Å². The van der Waals surface area contributed by atoms with E-state index in [-0.39, 0.29) is 17.2 Å². The molecule has 27 heavy (non-hydrogen) atoms. The van der Waals surface area contributed by atoms with E-state index in [1.165, 1.54) is 0 Å². The number of rotatable bonds is 2. The van der Waals surface area contributed by atoms with E-state index in [0.29, 0.717) is 36.8 Å². The van der Waals surface area contributed by atoms with Crippen LogP contribution < -0.4 is 4.90 Å². The fraction of sp³-hybridized carbons (Fsp3) is 0.526. The van der Waals surface area contributed by atoms with E-state index in [0.717, 1.165) is 24.1 Å². The third-order valence-corrected chi connectivity index (χ3v) is 5.67. The van der Waals surface area contributed by atoms with Gasteiger partial charge in [-0.25, -0.2) is 9.97 Å². The summed E-state index contributed by atoms with van der Waals surface area (Å²) in [5.74, 6) is 1.39. The molecule has 0 aromatic carbocycles. The van der Waals surface area contributed by atoms with Crippen LogP contribution in [0.5, 0.6) is 0 Å². The Balaban J connectivity index is 1.64. The highest BCUT2D eigenvalue weighted by Gasteiger charge is 2.39. The molecule has 2 aromatic heterocycles. The van der Waals surface area contributed by atoms with E-state index >= 15 is 0 Å². The van der Waals surface area contributed by atoms with Crippen LogP contribution in [0.3, 0.4) is 0 Å². The molecule has 1 saturated heterocycles. The first-order chi connectivity index (χ1) is 12.8. The fourth-order valence-electron chi connectivity index (χ4n) is 4.01. The number of hydrogen-bond donors (Lipinski definition) is 0. The molecule has 0 saturated carbocycles. The van der Waals surface area contributed by atoms with Gasteiger partial charge in [0, 0.05) is 50.1 Å². The molecule has 8 nitrogen and oxygen atoms in total. The molecule has 4 heterocycles. The van der Waals surface area contributed by atoms with Gasteiger partial charge in [0.1, 0.15) is 17.3 Å². The van der Waals surface area contributed by atoms with Crippen LogP contribution in [0.15, 0.2) is 12.3 Å². The third kappa shape index (κ3) is 2.89. The van der Waals surface area contributed by atoms with E-state index in [1.807, 2.05) is 11.8 Å². The normalized spacial score (nSPS) is 22.3. The number of hydrogen-bond acceptors (Lipinski definition) is 5. The molecule has 0 radical (unpaired) electrons. The average molecular weight is 368 g/mol. The number of fused-ring (bicyclic) bond motifs is 1. The van der Waals surface area contributed by atoms with Crippen molar-refractivity contribution in [3.05, 3.63) is 35.0 Å². The molecule has 0 unspecified atom stereocenters. The first-order valence-electron chi connectivity index (χ1n) is 9.22. The summed E-state index contributed by atoms with van der Waals surface area (Å²) in [5, 5.41) is 4.24. The molecule has 2 aliphatic heterocycles. The minimum absolute atomic E-state index is 0.0419. The number of piperidine rings is 1. The van der Waals surface area contributed by atoms with E-state index < -0.39 is 0 Å². The summed E-state index contributed by atoms with van der Waals surface area (Å²) in [5.41, 5.74) is 1.86. The Labute approximate surface area is 158 Å². The standard InChI is InChI=1S/C19H24N6O2/c1-12-13-10-15(26)24(4)16(13)21-18(20-12)19(2)7-5-8-25(11-19)17(27)14-6-9-23(3)22-14/h6,9H,5,7-8,10-11H2,1-4H3/t19-/m0/s1. The Hall–Kier alpha value is -2.77. The zero-order chi connectivity index (χ0) is 19.3. The van der Waals surface area contributed by atoms with Crippen molar-refractivity contribution in [2.75, 3.05) is 25.0 Å². The number of amides is 2. The van der Waals surface area contributed by atoms with E-state index in [9.17, 15) is 9.59 Å². The van der Waals surface area contributed by atoms with Crippen molar-refractivity contribution in [3.8, 4) is 0 Å². The van der Waals surface area contributed by atoms with Crippen molar-refractivity contribution < 1.29 is 9.59 Å². The maximum atomic E-state index is 12.8. The van der Waals surface area contributed by atoms with Crippen LogP contribution in [0.25, 0.3) is 0 Å². The molecular formula is C19H24N6O2. The van der Waals surface area contributed by atoms with Crippen molar-refractivity contribution in [3.63, 3.8) is 0 Å². The third-order valence-electron chi connectivity index (χ3n) is 5.67. The minimum atomic E-state index is -0.352. The lowest BCUT2D eigenvalue weighted by atomic mass is 9.80. The lowest BCUT2D eigenvalue weighted by molar-refractivity contribution is -0.117. The molecule has 1 fully saturated rings. The Morgan fingerprint density at radius 3 is 2.74 bits per heavy atom. The first kappa shape index (κ1) is 17.6. The summed E-state index contributed by atoms with van der Waals surface area (Å²) < 4.78 is 1.64. The molecule has 1 atom stereocenters. The minimum Gasteiger partial charge on any atom is -0.336 e. The summed E-state index contributed by atoms with van der Waals surface area (Å²) in [7, 11) is 3.56. The number of likely N-dealkylation sites (tertiary alicyclic amines) is 1. The molecule has 4 rings (SSSR count). The van der Waals surface area contributed by atoms with Gasteiger partial charge in [-0.05, 0) is 25.8 Å². The Bertz CT molecular complexity index is 936. The average Bonchev–Trinajstić information content (AvgIpc) is 3.19. The molecule has 2 amide bonds. The highest BCUT2D eigenvalue weighted by atomic mass is 16.2. The van der Waals surface area contributed by atoms with Gasteiger partial charge >= 0.3 is 0 Å².